The van der Waals surface area contributed by atoms with Crippen LogP contribution in [0.1, 0.15) is 29.0 Å². The van der Waals surface area contributed by atoms with Crippen LogP contribution in [0, 0.1) is 0 Å². The summed E-state index contributed by atoms with van der Waals surface area (Å²) in [6.45, 7) is 0.646. The molecule has 0 fully saturated rings. The molecule has 0 radical (unpaired) electrons. The third kappa shape index (κ3) is 2.87. The Morgan fingerprint density at radius 2 is 1.96 bits per heavy atom. The highest BCUT2D eigenvalue weighted by Crippen LogP contribution is 2.42. The Kier molecular flexibility index (Phi) is 3.97. The summed E-state index contributed by atoms with van der Waals surface area (Å²) in [6.07, 6.45) is 5.82. The molecule has 0 aliphatic carbocycles. The van der Waals surface area contributed by atoms with Crippen molar-refractivity contribution < 1.29 is 4.79 Å². The van der Waals surface area contributed by atoms with E-state index < -0.39 is 0 Å². The van der Waals surface area contributed by atoms with Gasteiger partial charge in [-0.15, -0.1) is 0 Å². The zero-order chi connectivity index (χ0) is 18.9. The van der Waals surface area contributed by atoms with Crippen molar-refractivity contribution in [2.24, 2.45) is 0 Å². The molecule has 1 aliphatic heterocycles. The molecule has 2 N–H and O–H groups in total. The molecular weight excluding hydrogens is 352 g/mol. The lowest BCUT2D eigenvalue weighted by molar-refractivity contribution is -0.116. The van der Waals surface area contributed by atoms with Crippen LogP contribution in [0.15, 0.2) is 67.1 Å². The number of H-pyrrole nitrogens is 1. The third-order valence-electron chi connectivity index (χ3n) is 5.04. The van der Waals surface area contributed by atoms with E-state index in [1.165, 1.54) is 0 Å². The maximum atomic E-state index is 12.4. The average molecular weight is 370 g/mol. The van der Waals surface area contributed by atoms with Crippen molar-refractivity contribution in [3.05, 3.63) is 83.8 Å². The van der Waals surface area contributed by atoms with Gasteiger partial charge in [0.2, 0.25) is 5.91 Å². The molecule has 1 amide bonds. The van der Waals surface area contributed by atoms with E-state index in [1.54, 1.807) is 12.4 Å². The zero-order valence-corrected chi connectivity index (χ0v) is 15.0. The molecule has 4 aromatic rings. The first-order chi connectivity index (χ1) is 13.8. The van der Waals surface area contributed by atoms with Gasteiger partial charge in [0, 0.05) is 36.5 Å². The number of pyridine rings is 1. The average Bonchev–Trinajstić information content (AvgIpc) is 3.38. The molecule has 1 atom stereocenters. The first-order valence-electron chi connectivity index (χ1n) is 9.14. The smallest absolute Gasteiger partial charge is 0.226 e. The fraction of sp³-hybridized carbons (Fsp3) is 0.143. The van der Waals surface area contributed by atoms with Crippen LogP contribution < -0.4 is 5.32 Å². The SMILES string of the molecule is O=C1C[C@H](c2ccccc2Cn2cccn2)c2c(n[nH]c2-c2ccccn2)N1. The summed E-state index contributed by atoms with van der Waals surface area (Å²) in [4.78, 5) is 16.8. The lowest BCUT2D eigenvalue weighted by Gasteiger charge is -2.25. The van der Waals surface area contributed by atoms with E-state index in [2.05, 4.69) is 37.7 Å². The first-order valence-corrected chi connectivity index (χ1v) is 9.14. The normalized spacial score (nSPS) is 15.9. The minimum absolute atomic E-state index is 0.0366. The summed E-state index contributed by atoms with van der Waals surface area (Å²) in [5.74, 6) is 0.438. The van der Waals surface area contributed by atoms with Crippen molar-refractivity contribution in [2.75, 3.05) is 5.32 Å². The van der Waals surface area contributed by atoms with Gasteiger partial charge in [0.1, 0.15) is 0 Å². The van der Waals surface area contributed by atoms with Crippen LogP contribution in [-0.2, 0) is 11.3 Å². The standard InChI is InChI=1S/C21H18N6O/c28-18-12-16(15-7-2-1-6-14(15)13-27-11-5-10-23-27)19-20(25-26-21(19)24-18)17-8-3-4-9-22-17/h1-11,16H,12-13H2,(H2,24,25,26,28)/t16-/m1/s1. The second-order valence-electron chi connectivity index (χ2n) is 6.78. The highest BCUT2D eigenvalue weighted by Gasteiger charge is 2.33. The molecule has 0 bridgehead atoms. The Balaban J connectivity index is 1.63. The van der Waals surface area contributed by atoms with Gasteiger partial charge in [0.05, 0.1) is 17.9 Å². The van der Waals surface area contributed by atoms with Gasteiger partial charge in [0.15, 0.2) is 5.82 Å². The molecule has 4 heterocycles. The Morgan fingerprint density at radius 1 is 1.07 bits per heavy atom. The number of aromatic amines is 1. The molecule has 0 saturated carbocycles. The number of rotatable bonds is 4. The molecule has 1 aromatic carbocycles. The Labute approximate surface area is 161 Å². The van der Waals surface area contributed by atoms with Gasteiger partial charge in [0.25, 0.3) is 0 Å². The van der Waals surface area contributed by atoms with E-state index in [0.717, 1.165) is 28.1 Å². The second-order valence-corrected chi connectivity index (χ2v) is 6.78. The van der Waals surface area contributed by atoms with E-state index >= 15 is 0 Å². The van der Waals surface area contributed by atoms with Crippen LogP contribution in [0.25, 0.3) is 11.4 Å². The Morgan fingerprint density at radius 3 is 2.79 bits per heavy atom. The summed E-state index contributed by atoms with van der Waals surface area (Å²) < 4.78 is 1.89. The maximum Gasteiger partial charge on any atom is 0.226 e. The first kappa shape index (κ1) is 16.4. The second kappa shape index (κ2) is 6.77. The molecular formula is C21H18N6O. The van der Waals surface area contributed by atoms with Gasteiger partial charge >= 0.3 is 0 Å². The summed E-state index contributed by atoms with van der Waals surface area (Å²) >= 11 is 0. The van der Waals surface area contributed by atoms with E-state index in [4.69, 9.17) is 0 Å². The monoisotopic (exact) mass is 370 g/mol. The van der Waals surface area contributed by atoms with Gasteiger partial charge in [-0.25, -0.2) is 0 Å². The molecule has 0 saturated heterocycles. The predicted molar refractivity (Wildman–Crippen MR) is 105 cm³/mol. The van der Waals surface area contributed by atoms with Crippen LogP contribution in [-0.4, -0.2) is 30.9 Å². The van der Waals surface area contributed by atoms with Crippen LogP contribution >= 0.6 is 0 Å². The molecule has 7 heteroatoms. The fourth-order valence-corrected chi connectivity index (χ4v) is 3.81. The number of nitrogens with one attached hydrogen (secondary N) is 2. The summed E-state index contributed by atoms with van der Waals surface area (Å²) in [5, 5.41) is 14.6. The molecule has 0 unspecified atom stereocenters. The van der Waals surface area contributed by atoms with Crippen molar-refractivity contribution in [1.29, 1.82) is 0 Å². The zero-order valence-electron chi connectivity index (χ0n) is 15.0. The molecule has 3 aromatic heterocycles. The summed E-state index contributed by atoms with van der Waals surface area (Å²) in [5.41, 5.74) is 4.86. The van der Waals surface area contributed by atoms with Crippen molar-refractivity contribution in [1.82, 2.24) is 25.0 Å². The van der Waals surface area contributed by atoms with E-state index in [0.29, 0.717) is 18.8 Å². The van der Waals surface area contributed by atoms with Crippen LogP contribution in [0.4, 0.5) is 5.82 Å². The third-order valence-corrected chi connectivity index (χ3v) is 5.04. The van der Waals surface area contributed by atoms with Crippen LogP contribution in [0.5, 0.6) is 0 Å². The van der Waals surface area contributed by atoms with E-state index in [1.807, 2.05) is 47.3 Å². The van der Waals surface area contributed by atoms with Gasteiger partial charge in [-0.1, -0.05) is 30.3 Å². The highest BCUT2D eigenvalue weighted by atomic mass is 16.1. The largest absolute Gasteiger partial charge is 0.309 e. The number of carbonyl (C=O) groups is 1. The number of carbonyl (C=O) groups excluding carboxylic acids is 1. The number of anilines is 1. The summed E-state index contributed by atoms with van der Waals surface area (Å²) in [7, 11) is 0. The molecule has 5 rings (SSSR count). The maximum absolute atomic E-state index is 12.4. The topological polar surface area (TPSA) is 88.5 Å². The number of fused-ring (bicyclic) bond motifs is 1. The summed E-state index contributed by atoms with van der Waals surface area (Å²) in [6, 6.07) is 15.9. The van der Waals surface area contributed by atoms with Gasteiger partial charge < -0.3 is 5.32 Å². The van der Waals surface area contributed by atoms with Crippen molar-refractivity contribution >= 4 is 11.7 Å². The van der Waals surface area contributed by atoms with Crippen molar-refractivity contribution in [2.45, 2.75) is 18.9 Å². The Bertz CT molecular complexity index is 1120. The highest BCUT2D eigenvalue weighted by molar-refractivity contribution is 5.96. The van der Waals surface area contributed by atoms with Gasteiger partial charge in [-0.2, -0.15) is 10.2 Å². The van der Waals surface area contributed by atoms with Crippen LogP contribution in [0.3, 0.4) is 0 Å². The fourth-order valence-electron chi connectivity index (χ4n) is 3.81. The molecule has 138 valence electrons. The number of hydrogen-bond donors (Lipinski definition) is 2. The molecule has 1 aliphatic rings. The van der Waals surface area contributed by atoms with Crippen molar-refractivity contribution in [3.63, 3.8) is 0 Å². The minimum Gasteiger partial charge on any atom is -0.309 e. The Hall–Kier alpha value is -3.74. The number of hydrogen-bond acceptors (Lipinski definition) is 4. The van der Waals surface area contributed by atoms with E-state index in [-0.39, 0.29) is 11.8 Å². The van der Waals surface area contributed by atoms with Gasteiger partial charge in [-0.05, 0) is 29.3 Å². The number of aromatic nitrogens is 5. The quantitative estimate of drug-likeness (QED) is 0.577. The van der Waals surface area contributed by atoms with Gasteiger partial charge in [-0.3, -0.25) is 19.6 Å². The lowest BCUT2D eigenvalue weighted by atomic mass is 9.82. The number of benzene rings is 1. The number of nitrogens with zero attached hydrogens (tertiary/aromatic N) is 4. The number of amides is 1. The minimum atomic E-state index is -0.105. The molecule has 28 heavy (non-hydrogen) atoms. The lowest BCUT2D eigenvalue weighted by Crippen LogP contribution is -2.24. The molecule has 0 spiro atoms. The van der Waals surface area contributed by atoms with Crippen molar-refractivity contribution in [3.8, 4) is 11.4 Å². The van der Waals surface area contributed by atoms with E-state index in [9.17, 15) is 4.79 Å². The molecule has 7 nitrogen and oxygen atoms in total. The van der Waals surface area contributed by atoms with Crippen LogP contribution in [0.2, 0.25) is 0 Å². The predicted octanol–water partition coefficient (Wildman–Crippen LogP) is 3.19.